The second kappa shape index (κ2) is 5.20. The van der Waals surface area contributed by atoms with Gasteiger partial charge >= 0.3 is 0 Å². The lowest BCUT2D eigenvalue weighted by atomic mass is 10.2. The molecule has 0 spiro atoms. The second-order valence-corrected chi connectivity index (χ2v) is 5.44. The van der Waals surface area contributed by atoms with Crippen LogP contribution in [-0.4, -0.2) is 29.8 Å². The zero-order chi connectivity index (χ0) is 13.2. The van der Waals surface area contributed by atoms with Gasteiger partial charge in [-0.15, -0.1) is 15.3 Å². The maximum absolute atomic E-state index is 5.92. The molecule has 0 aliphatic carbocycles. The van der Waals surface area contributed by atoms with Crippen LogP contribution in [-0.2, 0) is 6.54 Å². The normalized spacial score (nSPS) is 10.8. The smallest absolute Gasteiger partial charge is 0.158 e. The van der Waals surface area contributed by atoms with Gasteiger partial charge in [-0.1, -0.05) is 39.8 Å². The highest BCUT2D eigenvalue weighted by molar-refractivity contribution is 7.10. The third-order valence-corrected chi connectivity index (χ3v) is 3.56. The van der Waals surface area contributed by atoms with Crippen molar-refractivity contribution in [2.24, 2.45) is 0 Å². The Morgan fingerprint density at radius 2 is 2.11 bits per heavy atom. The van der Waals surface area contributed by atoms with Gasteiger partial charge in [0.2, 0.25) is 5.82 Å². The van der Waals surface area contributed by atoms with E-state index in [1.807, 2.05) is 12.1 Å². The molecule has 0 fully saturated rings. The molecular weight excluding hydrogens is 307 g/mol. The van der Waals surface area contributed by atoms with Crippen LogP contribution in [0.3, 0.4) is 0 Å². The van der Waals surface area contributed by atoms with E-state index in [9.17, 15) is 0 Å². The molecule has 0 aliphatic heterocycles. The molecule has 3 aromatic rings. The minimum atomic E-state index is 0.336. The molecule has 0 aliphatic rings. The predicted octanol–water partition coefficient (Wildman–Crippen LogP) is 2.55. The first-order valence-corrected chi connectivity index (χ1v) is 6.76. The number of tetrazole rings is 1. The van der Waals surface area contributed by atoms with Crippen LogP contribution in [0.2, 0.25) is 9.36 Å². The Balaban J connectivity index is 1.86. The average molecular weight is 313 g/mol. The molecule has 1 aromatic carbocycles. The molecule has 0 atom stereocenters. The number of halogens is 2. The molecule has 0 unspecified atom stereocenters. The summed E-state index contributed by atoms with van der Waals surface area (Å²) in [4.78, 5) is 1.42. The standard InChI is InChI=1S/C10H6Cl2N6S/c11-7-3-1-2-6(4-7)10-14-16-18(15-10)5-8-9(12)19-17-13-8/h1-4H,5H2. The van der Waals surface area contributed by atoms with Crippen LogP contribution < -0.4 is 0 Å². The monoisotopic (exact) mass is 312 g/mol. The van der Waals surface area contributed by atoms with Crippen molar-refractivity contribution >= 4 is 34.7 Å². The molecule has 9 heteroatoms. The van der Waals surface area contributed by atoms with Crippen LogP contribution >= 0.6 is 34.7 Å². The fraction of sp³-hybridized carbons (Fsp3) is 0.100. The molecule has 19 heavy (non-hydrogen) atoms. The summed E-state index contributed by atoms with van der Waals surface area (Å²) < 4.78 is 4.28. The molecule has 2 heterocycles. The average Bonchev–Trinajstić information content (AvgIpc) is 3.00. The quantitative estimate of drug-likeness (QED) is 0.743. The van der Waals surface area contributed by atoms with E-state index >= 15 is 0 Å². The maximum atomic E-state index is 5.92. The van der Waals surface area contributed by atoms with Crippen molar-refractivity contribution in [1.29, 1.82) is 0 Å². The summed E-state index contributed by atoms with van der Waals surface area (Å²) in [5.41, 5.74) is 1.43. The molecule has 0 N–H and O–H groups in total. The fourth-order valence-electron chi connectivity index (χ4n) is 1.48. The van der Waals surface area contributed by atoms with Crippen molar-refractivity contribution in [2.45, 2.75) is 6.54 Å². The maximum Gasteiger partial charge on any atom is 0.204 e. The Kier molecular flexibility index (Phi) is 3.41. The summed E-state index contributed by atoms with van der Waals surface area (Å²) in [5, 5.41) is 16.7. The van der Waals surface area contributed by atoms with Crippen LogP contribution in [0.4, 0.5) is 0 Å². The number of benzene rings is 1. The van der Waals surface area contributed by atoms with Gasteiger partial charge in [-0.25, -0.2) is 0 Å². The van der Waals surface area contributed by atoms with Gasteiger partial charge in [-0.05, 0) is 17.3 Å². The zero-order valence-corrected chi connectivity index (χ0v) is 11.7. The first-order chi connectivity index (χ1) is 9.22. The van der Waals surface area contributed by atoms with E-state index in [4.69, 9.17) is 23.2 Å². The van der Waals surface area contributed by atoms with E-state index in [2.05, 4.69) is 25.0 Å². The molecule has 0 saturated heterocycles. The minimum absolute atomic E-state index is 0.336. The van der Waals surface area contributed by atoms with Crippen molar-refractivity contribution < 1.29 is 0 Å². The molecule has 96 valence electrons. The number of hydrogen-bond acceptors (Lipinski definition) is 6. The van der Waals surface area contributed by atoms with E-state index in [1.165, 1.54) is 4.80 Å². The van der Waals surface area contributed by atoms with Crippen LogP contribution in [0, 0.1) is 0 Å². The summed E-state index contributed by atoms with van der Waals surface area (Å²) in [5.74, 6) is 0.502. The predicted molar refractivity (Wildman–Crippen MR) is 72.3 cm³/mol. The van der Waals surface area contributed by atoms with Crippen LogP contribution in [0.25, 0.3) is 11.4 Å². The zero-order valence-electron chi connectivity index (χ0n) is 9.36. The molecular formula is C10H6Cl2N6S. The van der Waals surface area contributed by atoms with Crippen molar-refractivity contribution in [3.05, 3.63) is 39.3 Å². The summed E-state index contributed by atoms with van der Waals surface area (Å²) in [7, 11) is 0. The molecule has 0 amide bonds. The molecule has 0 saturated carbocycles. The van der Waals surface area contributed by atoms with Gasteiger partial charge < -0.3 is 0 Å². The highest BCUT2D eigenvalue weighted by Gasteiger charge is 2.10. The lowest BCUT2D eigenvalue weighted by Gasteiger charge is -1.95. The second-order valence-electron chi connectivity index (χ2n) is 3.65. The topological polar surface area (TPSA) is 69.4 Å². The van der Waals surface area contributed by atoms with Crippen molar-refractivity contribution in [2.75, 3.05) is 0 Å². The number of hydrogen-bond donors (Lipinski definition) is 0. The summed E-state index contributed by atoms with van der Waals surface area (Å²) >= 11 is 13.0. The summed E-state index contributed by atoms with van der Waals surface area (Å²) in [6.45, 7) is 0.336. The van der Waals surface area contributed by atoms with Gasteiger partial charge in [-0.3, -0.25) is 0 Å². The Labute approximate surface area is 122 Å². The molecule has 2 aromatic heterocycles. The van der Waals surface area contributed by atoms with E-state index in [-0.39, 0.29) is 0 Å². The lowest BCUT2D eigenvalue weighted by Crippen LogP contribution is -2.04. The van der Waals surface area contributed by atoms with Crippen molar-refractivity contribution in [3.8, 4) is 11.4 Å². The van der Waals surface area contributed by atoms with E-state index in [0.29, 0.717) is 27.4 Å². The van der Waals surface area contributed by atoms with Crippen LogP contribution in [0.15, 0.2) is 24.3 Å². The molecule has 0 bridgehead atoms. The molecule has 0 radical (unpaired) electrons. The third-order valence-electron chi connectivity index (χ3n) is 2.34. The van der Waals surface area contributed by atoms with E-state index in [0.717, 1.165) is 17.1 Å². The Morgan fingerprint density at radius 1 is 1.21 bits per heavy atom. The Bertz CT molecular complexity index is 709. The van der Waals surface area contributed by atoms with Gasteiger partial charge in [0.1, 0.15) is 16.6 Å². The Hall–Kier alpha value is -1.57. The number of aromatic nitrogens is 6. The van der Waals surface area contributed by atoms with Crippen LogP contribution in [0.5, 0.6) is 0 Å². The number of nitrogens with zero attached hydrogens (tertiary/aromatic N) is 6. The highest BCUT2D eigenvalue weighted by Crippen LogP contribution is 2.20. The van der Waals surface area contributed by atoms with Gasteiger partial charge in [0, 0.05) is 22.1 Å². The van der Waals surface area contributed by atoms with Gasteiger partial charge in [0.05, 0.1) is 0 Å². The van der Waals surface area contributed by atoms with Crippen molar-refractivity contribution in [3.63, 3.8) is 0 Å². The summed E-state index contributed by atoms with van der Waals surface area (Å²) in [6, 6.07) is 7.26. The van der Waals surface area contributed by atoms with E-state index < -0.39 is 0 Å². The third kappa shape index (κ3) is 2.73. The van der Waals surface area contributed by atoms with E-state index in [1.54, 1.807) is 12.1 Å². The lowest BCUT2D eigenvalue weighted by molar-refractivity contribution is 0.564. The SMILES string of the molecule is Clc1cccc(-c2nnn(Cc3nnsc3Cl)n2)c1. The first kappa shape index (κ1) is 12.5. The van der Waals surface area contributed by atoms with Gasteiger partial charge in [-0.2, -0.15) is 4.80 Å². The van der Waals surface area contributed by atoms with Gasteiger partial charge in [0.25, 0.3) is 0 Å². The minimum Gasteiger partial charge on any atom is -0.158 e. The highest BCUT2D eigenvalue weighted by atomic mass is 35.5. The molecule has 3 rings (SSSR count). The first-order valence-electron chi connectivity index (χ1n) is 5.23. The van der Waals surface area contributed by atoms with Crippen molar-refractivity contribution in [1.82, 2.24) is 29.8 Å². The number of rotatable bonds is 3. The van der Waals surface area contributed by atoms with Crippen LogP contribution in [0.1, 0.15) is 5.69 Å². The fourth-order valence-corrected chi connectivity index (χ4v) is 2.28. The Morgan fingerprint density at radius 3 is 2.84 bits per heavy atom. The molecule has 6 nitrogen and oxygen atoms in total. The largest absolute Gasteiger partial charge is 0.204 e. The summed E-state index contributed by atoms with van der Waals surface area (Å²) in [6.07, 6.45) is 0. The van der Waals surface area contributed by atoms with Gasteiger partial charge in [0.15, 0.2) is 0 Å².